The lowest BCUT2D eigenvalue weighted by molar-refractivity contribution is 0.294. The fourth-order valence-electron chi connectivity index (χ4n) is 4.00. The summed E-state index contributed by atoms with van der Waals surface area (Å²) in [5.74, 6) is 0.807. The molecule has 0 N–H and O–H groups in total. The van der Waals surface area contributed by atoms with E-state index in [1.165, 1.54) is 0 Å². The van der Waals surface area contributed by atoms with Gasteiger partial charge in [0.15, 0.2) is 11.4 Å². The van der Waals surface area contributed by atoms with Crippen molar-refractivity contribution in [2.24, 2.45) is 0 Å². The number of methoxy groups -OCH3 is 1. The van der Waals surface area contributed by atoms with Gasteiger partial charge in [0.25, 0.3) is 0 Å². The first-order valence-electron chi connectivity index (χ1n) is 9.79. The molecule has 0 spiro atoms. The maximum atomic E-state index is 9.32. The van der Waals surface area contributed by atoms with E-state index in [1.54, 1.807) is 7.11 Å². The Kier molecular flexibility index (Phi) is 5.42. The molecule has 0 unspecified atom stereocenters. The standard InChI is InChI=1S/C25H23N4O/c1-29(17-21-7-3-5-13-27-21,18-22-8-4-6-14-28-22)25-23-11-9-19(16-26)15-20(23)10-12-24(25)30-2/h3-15H,17-18H2,1-2H3/q+1. The summed E-state index contributed by atoms with van der Waals surface area (Å²) >= 11 is 0. The molecule has 0 fully saturated rings. The summed E-state index contributed by atoms with van der Waals surface area (Å²) in [7, 11) is 3.87. The molecule has 4 rings (SSSR count). The number of quaternary nitrogens is 1. The Labute approximate surface area is 176 Å². The molecule has 5 nitrogen and oxygen atoms in total. The first-order valence-corrected chi connectivity index (χ1v) is 9.79. The summed E-state index contributed by atoms with van der Waals surface area (Å²) in [4.78, 5) is 9.15. The maximum absolute atomic E-state index is 9.32. The number of pyridine rings is 2. The number of benzene rings is 2. The summed E-state index contributed by atoms with van der Waals surface area (Å²) in [6.07, 6.45) is 3.64. The molecule has 0 aliphatic rings. The maximum Gasteiger partial charge on any atom is 0.183 e. The van der Waals surface area contributed by atoms with Crippen molar-refractivity contribution in [1.29, 1.82) is 5.26 Å². The van der Waals surface area contributed by atoms with Crippen LogP contribution in [0.4, 0.5) is 5.69 Å². The predicted octanol–water partition coefficient (Wildman–Crippen LogP) is 4.85. The van der Waals surface area contributed by atoms with Crippen molar-refractivity contribution in [3.63, 3.8) is 0 Å². The molecule has 0 aliphatic carbocycles. The average molecular weight is 395 g/mol. The fraction of sp³-hybridized carbons (Fsp3) is 0.160. The van der Waals surface area contributed by atoms with Crippen LogP contribution in [0.1, 0.15) is 17.0 Å². The van der Waals surface area contributed by atoms with Gasteiger partial charge in [0.1, 0.15) is 13.1 Å². The monoisotopic (exact) mass is 395 g/mol. The summed E-state index contributed by atoms with van der Waals surface area (Å²) in [6, 6.07) is 24.0. The molecule has 0 saturated carbocycles. The third-order valence-corrected chi connectivity index (χ3v) is 5.32. The summed E-state index contributed by atoms with van der Waals surface area (Å²) < 4.78 is 6.34. The Morgan fingerprint density at radius 1 is 0.900 bits per heavy atom. The van der Waals surface area contributed by atoms with E-state index in [4.69, 9.17) is 4.74 Å². The highest BCUT2D eigenvalue weighted by atomic mass is 16.5. The number of hydrogen-bond acceptors (Lipinski definition) is 4. The summed E-state index contributed by atoms with van der Waals surface area (Å²) in [6.45, 7) is 1.35. The average Bonchev–Trinajstić information content (AvgIpc) is 2.79. The van der Waals surface area contributed by atoms with Crippen LogP contribution in [-0.4, -0.2) is 24.1 Å². The molecule has 4 aromatic rings. The Bertz CT molecular complexity index is 1160. The normalized spacial score (nSPS) is 11.2. The predicted molar refractivity (Wildman–Crippen MR) is 119 cm³/mol. The Morgan fingerprint density at radius 3 is 2.10 bits per heavy atom. The SMILES string of the molecule is COc1ccc2cc(C#N)ccc2c1[N+](C)(Cc1ccccn1)Cc1ccccn1. The largest absolute Gasteiger partial charge is 0.491 e. The van der Waals surface area contributed by atoms with Crippen molar-refractivity contribution >= 4 is 16.5 Å². The zero-order valence-corrected chi connectivity index (χ0v) is 17.1. The third kappa shape index (κ3) is 3.86. The lowest BCUT2D eigenvalue weighted by Crippen LogP contribution is -2.44. The zero-order chi connectivity index (χ0) is 21.0. The van der Waals surface area contributed by atoms with Gasteiger partial charge < -0.3 is 4.74 Å². The van der Waals surface area contributed by atoms with Crippen molar-refractivity contribution < 1.29 is 4.74 Å². The Balaban J connectivity index is 1.93. The van der Waals surface area contributed by atoms with Crippen LogP contribution >= 0.6 is 0 Å². The molecule has 0 bridgehead atoms. The van der Waals surface area contributed by atoms with Gasteiger partial charge in [-0.15, -0.1) is 0 Å². The number of aromatic nitrogens is 2. The molecule has 0 saturated heterocycles. The number of hydrogen-bond donors (Lipinski definition) is 0. The molecule has 5 heteroatoms. The van der Waals surface area contributed by atoms with Gasteiger partial charge in [-0.1, -0.05) is 18.2 Å². The van der Waals surface area contributed by atoms with Crippen LogP contribution < -0.4 is 9.22 Å². The van der Waals surface area contributed by atoms with Gasteiger partial charge in [0, 0.05) is 17.8 Å². The van der Waals surface area contributed by atoms with Gasteiger partial charge in [-0.3, -0.25) is 14.5 Å². The highest BCUT2D eigenvalue weighted by Crippen LogP contribution is 2.41. The molecule has 2 heterocycles. The van der Waals surface area contributed by atoms with Crippen LogP contribution in [-0.2, 0) is 13.1 Å². The van der Waals surface area contributed by atoms with Crippen molar-refractivity contribution in [3.05, 3.63) is 96.1 Å². The van der Waals surface area contributed by atoms with E-state index < -0.39 is 0 Å². The van der Waals surface area contributed by atoms with Gasteiger partial charge in [-0.2, -0.15) is 5.26 Å². The van der Waals surface area contributed by atoms with Crippen LogP contribution in [0.25, 0.3) is 10.8 Å². The number of nitrogens with zero attached hydrogens (tertiary/aromatic N) is 4. The van der Waals surface area contributed by atoms with Crippen LogP contribution in [0.15, 0.2) is 79.1 Å². The number of fused-ring (bicyclic) bond motifs is 1. The molecule has 0 atom stereocenters. The van der Waals surface area contributed by atoms with Gasteiger partial charge in [-0.05, 0) is 53.9 Å². The smallest absolute Gasteiger partial charge is 0.183 e. The first-order chi connectivity index (χ1) is 14.6. The number of rotatable bonds is 6. The third-order valence-electron chi connectivity index (χ3n) is 5.32. The lowest BCUT2D eigenvalue weighted by Gasteiger charge is -2.35. The van der Waals surface area contributed by atoms with E-state index in [2.05, 4.69) is 23.1 Å². The van der Waals surface area contributed by atoms with E-state index in [0.717, 1.165) is 33.6 Å². The van der Waals surface area contributed by atoms with Gasteiger partial charge in [-0.25, -0.2) is 0 Å². The van der Waals surface area contributed by atoms with Crippen LogP contribution in [0.5, 0.6) is 5.75 Å². The molecular formula is C25H23N4O+. The van der Waals surface area contributed by atoms with E-state index in [-0.39, 0.29) is 0 Å². The van der Waals surface area contributed by atoms with Crippen molar-refractivity contribution in [2.75, 3.05) is 14.2 Å². The quantitative estimate of drug-likeness (QED) is 0.438. The summed E-state index contributed by atoms with van der Waals surface area (Å²) in [5, 5.41) is 11.4. The molecule has 30 heavy (non-hydrogen) atoms. The van der Waals surface area contributed by atoms with Gasteiger partial charge >= 0.3 is 0 Å². The van der Waals surface area contributed by atoms with Crippen molar-refractivity contribution in [3.8, 4) is 11.8 Å². The Morgan fingerprint density at radius 2 is 1.57 bits per heavy atom. The topological polar surface area (TPSA) is 58.8 Å². The van der Waals surface area contributed by atoms with Gasteiger partial charge in [0.05, 0.1) is 37.2 Å². The van der Waals surface area contributed by atoms with E-state index in [9.17, 15) is 5.26 Å². The highest BCUT2D eigenvalue weighted by Gasteiger charge is 2.33. The molecule has 148 valence electrons. The molecule has 0 amide bonds. The van der Waals surface area contributed by atoms with E-state index in [0.29, 0.717) is 23.1 Å². The second kappa shape index (κ2) is 8.32. The molecule has 0 aliphatic heterocycles. The zero-order valence-electron chi connectivity index (χ0n) is 17.1. The van der Waals surface area contributed by atoms with Crippen molar-refractivity contribution in [1.82, 2.24) is 14.5 Å². The summed E-state index contributed by atoms with van der Waals surface area (Å²) in [5.41, 5.74) is 3.67. The van der Waals surface area contributed by atoms with Gasteiger partial charge in [0.2, 0.25) is 0 Å². The van der Waals surface area contributed by atoms with Crippen molar-refractivity contribution in [2.45, 2.75) is 13.1 Å². The van der Waals surface area contributed by atoms with Crippen LogP contribution in [0.2, 0.25) is 0 Å². The minimum absolute atomic E-state index is 0.528. The molecule has 2 aromatic heterocycles. The van der Waals surface area contributed by atoms with Crippen LogP contribution in [0.3, 0.4) is 0 Å². The highest BCUT2D eigenvalue weighted by molar-refractivity contribution is 5.97. The molecule has 2 aromatic carbocycles. The minimum atomic E-state index is 0.528. The number of ether oxygens (including phenoxy) is 1. The fourth-order valence-corrected chi connectivity index (χ4v) is 4.00. The van der Waals surface area contributed by atoms with E-state index in [1.807, 2.05) is 79.1 Å². The lowest BCUT2D eigenvalue weighted by atomic mass is 10.0. The Hall–Kier alpha value is -3.75. The molecule has 0 radical (unpaired) electrons. The van der Waals surface area contributed by atoms with Crippen LogP contribution in [0, 0.1) is 11.3 Å². The minimum Gasteiger partial charge on any atom is -0.491 e. The first kappa shape index (κ1) is 19.6. The number of nitriles is 1. The second-order valence-corrected chi connectivity index (χ2v) is 7.52. The molecular weight excluding hydrogens is 372 g/mol. The van der Waals surface area contributed by atoms with E-state index >= 15 is 0 Å². The second-order valence-electron chi connectivity index (χ2n) is 7.52.